The summed E-state index contributed by atoms with van der Waals surface area (Å²) < 4.78 is 9.95. The fourth-order valence-electron chi connectivity index (χ4n) is 3.28. The minimum Gasteiger partial charge on any atom is -0.465 e. The van der Waals surface area contributed by atoms with Crippen molar-refractivity contribution < 1.29 is 38.6 Å². The first-order valence-electron chi connectivity index (χ1n) is 11.1. The lowest BCUT2D eigenvalue weighted by molar-refractivity contribution is -0.164. The van der Waals surface area contributed by atoms with E-state index in [1.54, 1.807) is 20.8 Å². The summed E-state index contributed by atoms with van der Waals surface area (Å²) in [5, 5.41) is 10.2. The minimum atomic E-state index is -1.45. The molecule has 0 radical (unpaired) electrons. The van der Waals surface area contributed by atoms with E-state index in [0.29, 0.717) is 6.42 Å². The topological polar surface area (TPSA) is 157 Å². The second-order valence-corrected chi connectivity index (χ2v) is 8.45. The van der Waals surface area contributed by atoms with Crippen molar-refractivity contribution in [2.75, 3.05) is 27.3 Å². The van der Waals surface area contributed by atoms with Crippen molar-refractivity contribution in [3.63, 3.8) is 0 Å². The van der Waals surface area contributed by atoms with Crippen molar-refractivity contribution in [1.82, 2.24) is 9.80 Å². The monoisotopic (exact) mass is 473 g/mol. The summed E-state index contributed by atoms with van der Waals surface area (Å²) >= 11 is 0. The van der Waals surface area contributed by atoms with E-state index in [2.05, 4.69) is 0 Å². The minimum absolute atomic E-state index is 0.00713. The Balaban J connectivity index is 6.22. The molecule has 0 unspecified atom stereocenters. The van der Waals surface area contributed by atoms with Crippen LogP contribution in [0.15, 0.2) is 0 Å². The Labute approximate surface area is 195 Å². The Morgan fingerprint density at radius 3 is 1.76 bits per heavy atom. The van der Waals surface area contributed by atoms with Crippen LogP contribution in [0, 0.1) is 5.92 Å². The summed E-state index contributed by atoms with van der Waals surface area (Å²) in [5.41, 5.74) is 4.16. The third-order valence-corrected chi connectivity index (χ3v) is 5.05. The number of likely N-dealkylation sites (N-methyl/N-ethyl adjacent to an activating group) is 2. The summed E-state index contributed by atoms with van der Waals surface area (Å²) in [7, 11) is 2.70. The zero-order valence-electron chi connectivity index (χ0n) is 20.8. The van der Waals surface area contributed by atoms with Crippen LogP contribution in [0.25, 0.3) is 0 Å². The zero-order chi connectivity index (χ0) is 25.9. The van der Waals surface area contributed by atoms with Crippen LogP contribution in [0.2, 0.25) is 0 Å². The Morgan fingerprint density at radius 1 is 0.909 bits per heavy atom. The Morgan fingerprint density at radius 2 is 1.39 bits per heavy atom. The van der Waals surface area contributed by atoms with Crippen molar-refractivity contribution in [3.05, 3.63) is 0 Å². The van der Waals surface area contributed by atoms with Crippen molar-refractivity contribution in [2.24, 2.45) is 11.7 Å². The first kappa shape index (κ1) is 30.3. The molecule has 3 amide bonds. The summed E-state index contributed by atoms with van der Waals surface area (Å²) in [6, 6.07) is -2.46. The Bertz CT molecular complexity index is 686. The van der Waals surface area contributed by atoms with Crippen LogP contribution in [0.1, 0.15) is 60.3 Å². The molecule has 11 heteroatoms. The fraction of sp³-hybridized carbons (Fsp3) is 0.773. The van der Waals surface area contributed by atoms with Crippen LogP contribution in [0.3, 0.4) is 0 Å². The number of carbonyl (C=O) groups excluding carboxylic acids is 5. The van der Waals surface area contributed by atoms with E-state index >= 15 is 0 Å². The summed E-state index contributed by atoms with van der Waals surface area (Å²) in [5.74, 6) is -5.15. The van der Waals surface area contributed by atoms with Gasteiger partial charge in [-0.25, -0.2) is 0 Å². The molecular weight excluding hydrogens is 434 g/mol. The molecule has 0 aromatic rings. The predicted molar refractivity (Wildman–Crippen MR) is 120 cm³/mol. The van der Waals surface area contributed by atoms with Crippen LogP contribution in [0.4, 0.5) is 0 Å². The Hall–Kier alpha value is -2.69. The van der Waals surface area contributed by atoms with E-state index in [0.717, 1.165) is 9.80 Å². The number of carbonyl (C=O) groups is 5. The van der Waals surface area contributed by atoms with Gasteiger partial charge in [0.15, 0.2) is 5.92 Å². The second-order valence-electron chi connectivity index (χ2n) is 8.45. The maximum Gasteiger partial charge on any atom is 0.320 e. The predicted octanol–water partition coefficient (Wildman–Crippen LogP) is 0.219. The average molecular weight is 474 g/mol. The quantitative estimate of drug-likeness (QED) is 0.268. The molecule has 0 rings (SSSR count). The molecule has 0 aliphatic heterocycles. The molecule has 11 nitrogen and oxygen atoms in total. The average Bonchev–Trinajstić information content (AvgIpc) is 2.71. The molecule has 0 aromatic heterocycles. The normalized spacial score (nSPS) is 13.1. The molecule has 0 fully saturated rings. The molecular formula is C22H39N3O8. The van der Waals surface area contributed by atoms with Gasteiger partial charge in [-0.15, -0.1) is 0 Å². The van der Waals surface area contributed by atoms with Gasteiger partial charge in [-0.3, -0.25) is 24.0 Å². The number of hydrogen-bond donors (Lipinski definition) is 2. The van der Waals surface area contributed by atoms with E-state index in [-0.39, 0.29) is 32.0 Å². The van der Waals surface area contributed by atoms with Crippen LogP contribution < -0.4 is 5.73 Å². The van der Waals surface area contributed by atoms with Gasteiger partial charge in [0.25, 0.3) is 0 Å². The maximum atomic E-state index is 13.5. The third-order valence-electron chi connectivity index (χ3n) is 5.05. The number of aliphatic hydroxyl groups is 1. The van der Waals surface area contributed by atoms with Crippen molar-refractivity contribution >= 4 is 29.7 Å². The maximum absolute atomic E-state index is 13.5. The standard InChI is InChI=1S/C22H39N3O8/c1-8-11-17(26)24(6)15(12-14(20(29)32-9-2)21(30)33-10-3)19(28)25(7)16(18(23)27)13-22(4,5)31/h14-16,31H,8-13H2,1-7H3,(H2,23,27)/t15-,16+/m1/s1. The van der Waals surface area contributed by atoms with Gasteiger partial charge in [-0.05, 0) is 34.1 Å². The first-order valence-corrected chi connectivity index (χ1v) is 11.1. The molecule has 190 valence electrons. The van der Waals surface area contributed by atoms with Crippen molar-refractivity contribution in [1.29, 1.82) is 0 Å². The molecule has 0 saturated heterocycles. The molecule has 0 heterocycles. The van der Waals surface area contributed by atoms with Gasteiger partial charge >= 0.3 is 11.9 Å². The fourth-order valence-corrected chi connectivity index (χ4v) is 3.28. The number of ether oxygens (including phenoxy) is 2. The lowest BCUT2D eigenvalue weighted by Crippen LogP contribution is -2.56. The molecule has 0 spiro atoms. The van der Waals surface area contributed by atoms with Gasteiger partial charge in [0.2, 0.25) is 17.7 Å². The SMILES string of the molecule is CCCC(=O)N(C)[C@H](CC(C(=O)OCC)C(=O)OCC)C(=O)N(C)[C@@H](CC(C)(C)O)C(N)=O. The summed E-state index contributed by atoms with van der Waals surface area (Å²) in [4.78, 5) is 65.3. The first-order chi connectivity index (χ1) is 15.2. The molecule has 2 atom stereocenters. The largest absolute Gasteiger partial charge is 0.465 e. The number of nitrogens with two attached hydrogens (primary N) is 1. The highest BCUT2D eigenvalue weighted by molar-refractivity contribution is 5.97. The third kappa shape index (κ3) is 9.77. The van der Waals surface area contributed by atoms with Gasteiger partial charge in [-0.1, -0.05) is 6.92 Å². The van der Waals surface area contributed by atoms with Gasteiger partial charge in [-0.2, -0.15) is 0 Å². The molecule has 0 aliphatic rings. The highest BCUT2D eigenvalue weighted by Gasteiger charge is 2.41. The number of esters is 2. The molecule has 3 N–H and O–H groups in total. The van der Waals surface area contributed by atoms with Gasteiger partial charge in [0.05, 0.1) is 18.8 Å². The van der Waals surface area contributed by atoms with Crippen LogP contribution >= 0.6 is 0 Å². The zero-order valence-corrected chi connectivity index (χ0v) is 20.8. The van der Waals surface area contributed by atoms with Gasteiger partial charge in [0.1, 0.15) is 12.1 Å². The van der Waals surface area contributed by atoms with Crippen molar-refractivity contribution in [3.8, 4) is 0 Å². The van der Waals surface area contributed by atoms with E-state index in [1.165, 1.54) is 27.9 Å². The summed E-state index contributed by atoms with van der Waals surface area (Å²) in [6.07, 6.45) is 0.0992. The second kappa shape index (κ2) is 13.8. The highest BCUT2D eigenvalue weighted by atomic mass is 16.6. The van der Waals surface area contributed by atoms with Crippen LogP contribution in [-0.2, 0) is 33.4 Å². The molecule has 0 bridgehead atoms. The van der Waals surface area contributed by atoms with Crippen LogP contribution in [-0.4, -0.2) is 89.6 Å². The van der Waals surface area contributed by atoms with Crippen LogP contribution in [0.5, 0.6) is 0 Å². The molecule has 0 saturated carbocycles. The van der Waals surface area contributed by atoms with Crippen molar-refractivity contribution in [2.45, 2.75) is 78.0 Å². The lowest BCUT2D eigenvalue weighted by Gasteiger charge is -2.36. The molecule has 0 aromatic carbocycles. The number of hydrogen-bond acceptors (Lipinski definition) is 8. The van der Waals surface area contributed by atoms with E-state index in [9.17, 15) is 29.1 Å². The molecule has 0 aliphatic carbocycles. The number of amides is 3. The molecule has 33 heavy (non-hydrogen) atoms. The number of rotatable bonds is 14. The number of primary amides is 1. The number of nitrogens with zero attached hydrogens (tertiary/aromatic N) is 2. The lowest BCUT2D eigenvalue weighted by atomic mass is 9.94. The smallest absolute Gasteiger partial charge is 0.320 e. The van der Waals surface area contributed by atoms with Gasteiger partial charge in [0, 0.05) is 33.4 Å². The van der Waals surface area contributed by atoms with Gasteiger partial charge < -0.3 is 30.1 Å². The van der Waals surface area contributed by atoms with E-state index in [1.807, 2.05) is 0 Å². The summed E-state index contributed by atoms with van der Waals surface area (Å²) in [6.45, 7) is 7.88. The van der Waals surface area contributed by atoms with E-state index < -0.39 is 53.8 Å². The Kier molecular flexibility index (Phi) is 12.6. The highest BCUT2D eigenvalue weighted by Crippen LogP contribution is 2.21. The van der Waals surface area contributed by atoms with E-state index in [4.69, 9.17) is 15.2 Å².